The Labute approximate surface area is 127 Å². The van der Waals surface area contributed by atoms with Crippen molar-refractivity contribution in [2.75, 3.05) is 0 Å². The number of hydrogen-bond acceptors (Lipinski definition) is 2. The number of hydrogen-bond donors (Lipinski definition) is 1. The van der Waals surface area contributed by atoms with Gasteiger partial charge in [0.05, 0.1) is 5.69 Å². The summed E-state index contributed by atoms with van der Waals surface area (Å²) in [5.41, 5.74) is 2.18. The van der Waals surface area contributed by atoms with Crippen LogP contribution in [0.1, 0.15) is 38.2 Å². The second kappa shape index (κ2) is 6.42. The molecule has 1 aromatic heterocycles. The number of aromatic nitrogens is 2. The maximum atomic E-state index is 11.0. The molecular formula is C15H16Cl2N2O. The number of rotatable bonds is 4. The van der Waals surface area contributed by atoms with E-state index in [2.05, 4.69) is 24.0 Å². The molecule has 106 valence electrons. The summed E-state index contributed by atoms with van der Waals surface area (Å²) in [5.74, 6) is 0.317. The van der Waals surface area contributed by atoms with E-state index in [1.807, 2.05) is 12.1 Å². The van der Waals surface area contributed by atoms with Gasteiger partial charge in [0.25, 0.3) is 5.56 Å². The molecule has 0 saturated carbocycles. The van der Waals surface area contributed by atoms with Gasteiger partial charge in [0.2, 0.25) is 0 Å². The third kappa shape index (κ3) is 3.22. The SMILES string of the molecule is CCCC(C)c1c(Cl)cc(-c2ccc(=O)[nH]n2)cc1Cl. The van der Waals surface area contributed by atoms with E-state index in [0.29, 0.717) is 21.7 Å². The zero-order valence-electron chi connectivity index (χ0n) is 11.4. The Kier molecular flexibility index (Phi) is 4.84. The van der Waals surface area contributed by atoms with E-state index in [1.54, 1.807) is 6.07 Å². The van der Waals surface area contributed by atoms with Crippen LogP contribution in [0.2, 0.25) is 10.0 Å². The maximum Gasteiger partial charge on any atom is 0.264 e. The number of aromatic amines is 1. The lowest BCUT2D eigenvalue weighted by Crippen LogP contribution is -2.05. The van der Waals surface area contributed by atoms with Gasteiger partial charge in [-0.2, -0.15) is 5.10 Å². The summed E-state index contributed by atoms with van der Waals surface area (Å²) in [7, 11) is 0. The van der Waals surface area contributed by atoms with Crippen LogP contribution in [0.4, 0.5) is 0 Å². The largest absolute Gasteiger partial charge is 0.268 e. The smallest absolute Gasteiger partial charge is 0.264 e. The van der Waals surface area contributed by atoms with Crippen molar-refractivity contribution in [2.24, 2.45) is 0 Å². The van der Waals surface area contributed by atoms with E-state index in [4.69, 9.17) is 23.2 Å². The zero-order chi connectivity index (χ0) is 14.7. The predicted molar refractivity (Wildman–Crippen MR) is 83.6 cm³/mol. The van der Waals surface area contributed by atoms with Gasteiger partial charge in [-0.25, -0.2) is 5.10 Å². The lowest BCUT2D eigenvalue weighted by atomic mass is 9.95. The first-order valence-corrected chi connectivity index (χ1v) is 7.33. The Hall–Kier alpha value is -1.32. The van der Waals surface area contributed by atoms with Crippen LogP contribution in [0.25, 0.3) is 11.3 Å². The second-order valence-corrected chi connectivity index (χ2v) is 5.66. The van der Waals surface area contributed by atoms with Gasteiger partial charge >= 0.3 is 0 Å². The van der Waals surface area contributed by atoms with Gasteiger partial charge in [0.1, 0.15) is 0 Å². The lowest BCUT2D eigenvalue weighted by Gasteiger charge is -2.16. The number of H-pyrrole nitrogens is 1. The highest BCUT2D eigenvalue weighted by Gasteiger charge is 2.15. The Balaban J connectivity index is 2.44. The van der Waals surface area contributed by atoms with E-state index < -0.39 is 0 Å². The molecule has 1 atom stereocenters. The molecule has 5 heteroatoms. The molecule has 0 saturated heterocycles. The molecule has 0 radical (unpaired) electrons. The van der Waals surface area contributed by atoms with E-state index in [0.717, 1.165) is 24.0 Å². The Bertz CT molecular complexity index is 624. The molecule has 1 heterocycles. The Morgan fingerprint density at radius 3 is 2.40 bits per heavy atom. The molecular weight excluding hydrogens is 295 g/mol. The average Bonchev–Trinajstić information content (AvgIpc) is 2.39. The van der Waals surface area contributed by atoms with E-state index in [1.165, 1.54) is 6.07 Å². The topological polar surface area (TPSA) is 45.8 Å². The van der Waals surface area contributed by atoms with Crippen LogP contribution in [0, 0.1) is 0 Å². The highest BCUT2D eigenvalue weighted by molar-refractivity contribution is 6.36. The maximum absolute atomic E-state index is 11.0. The van der Waals surface area contributed by atoms with Crippen molar-refractivity contribution in [1.29, 1.82) is 0 Å². The summed E-state index contributed by atoms with van der Waals surface area (Å²) in [6, 6.07) is 6.76. The summed E-state index contributed by atoms with van der Waals surface area (Å²) >= 11 is 12.7. The lowest BCUT2D eigenvalue weighted by molar-refractivity contribution is 0.665. The second-order valence-electron chi connectivity index (χ2n) is 4.85. The quantitative estimate of drug-likeness (QED) is 0.893. The summed E-state index contributed by atoms with van der Waals surface area (Å²) < 4.78 is 0. The fourth-order valence-corrected chi connectivity index (χ4v) is 3.15. The molecule has 0 aliphatic heterocycles. The molecule has 0 aliphatic carbocycles. The average molecular weight is 311 g/mol. The summed E-state index contributed by atoms with van der Waals surface area (Å²) in [6.07, 6.45) is 2.12. The minimum Gasteiger partial charge on any atom is -0.268 e. The van der Waals surface area contributed by atoms with Crippen LogP contribution in [0.5, 0.6) is 0 Å². The van der Waals surface area contributed by atoms with Crippen molar-refractivity contribution in [3.05, 3.63) is 50.2 Å². The van der Waals surface area contributed by atoms with Crippen molar-refractivity contribution >= 4 is 23.2 Å². The highest BCUT2D eigenvalue weighted by Crippen LogP contribution is 2.37. The van der Waals surface area contributed by atoms with Crippen LogP contribution >= 0.6 is 23.2 Å². The Morgan fingerprint density at radius 1 is 1.25 bits per heavy atom. The first-order valence-electron chi connectivity index (χ1n) is 6.58. The molecule has 1 unspecified atom stereocenters. The normalized spacial score (nSPS) is 12.4. The summed E-state index contributed by atoms with van der Waals surface area (Å²) in [5, 5.41) is 7.67. The number of nitrogens with zero attached hydrogens (tertiary/aromatic N) is 1. The van der Waals surface area contributed by atoms with Crippen molar-refractivity contribution < 1.29 is 0 Å². The molecule has 20 heavy (non-hydrogen) atoms. The van der Waals surface area contributed by atoms with Gasteiger partial charge in [0, 0.05) is 21.7 Å². The van der Waals surface area contributed by atoms with Gasteiger partial charge in [-0.15, -0.1) is 0 Å². The van der Waals surface area contributed by atoms with Crippen LogP contribution in [-0.2, 0) is 0 Å². The standard InChI is InChI=1S/C15H16Cl2N2O/c1-3-4-9(2)15-11(16)7-10(8-12(15)17)13-5-6-14(20)19-18-13/h5-9H,3-4H2,1-2H3,(H,19,20). The molecule has 0 aliphatic rings. The first-order chi connectivity index (χ1) is 9.52. The molecule has 0 amide bonds. The van der Waals surface area contributed by atoms with Crippen molar-refractivity contribution in [1.82, 2.24) is 10.2 Å². The predicted octanol–water partition coefficient (Wildman–Crippen LogP) is 4.65. The third-order valence-corrected chi connectivity index (χ3v) is 3.89. The number of nitrogens with one attached hydrogen (secondary N) is 1. The minimum absolute atomic E-state index is 0.237. The fraction of sp³-hybridized carbons (Fsp3) is 0.333. The molecule has 0 spiro atoms. The van der Waals surface area contributed by atoms with Gasteiger partial charge in [-0.1, -0.05) is 43.5 Å². The van der Waals surface area contributed by atoms with Crippen LogP contribution in [0.3, 0.4) is 0 Å². The van der Waals surface area contributed by atoms with Crippen molar-refractivity contribution in [2.45, 2.75) is 32.6 Å². The van der Waals surface area contributed by atoms with Gasteiger partial charge in [-0.3, -0.25) is 4.79 Å². The number of benzene rings is 1. The Morgan fingerprint density at radius 2 is 1.90 bits per heavy atom. The van der Waals surface area contributed by atoms with Crippen molar-refractivity contribution in [3.8, 4) is 11.3 Å². The summed E-state index contributed by atoms with van der Waals surface area (Å²) in [6.45, 7) is 4.26. The molecule has 2 aromatic rings. The van der Waals surface area contributed by atoms with Crippen LogP contribution < -0.4 is 5.56 Å². The minimum atomic E-state index is -0.237. The summed E-state index contributed by atoms with van der Waals surface area (Å²) in [4.78, 5) is 11.0. The van der Waals surface area contributed by atoms with E-state index >= 15 is 0 Å². The van der Waals surface area contributed by atoms with E-state index in [9.17, 15) is 4.79 Å². The molecule has 1 aromatic carbocycles. The molecule has 3 nitrogen and oxygen atoms in total. The zero-order valence-corrected chi connectivity index (χ0v) is 12.9. The molecule has 0 bridgehead atoms. The number of halogens is 2. The third-order valence-electron chi connectivity index (χ3n) is 3.27. The van der Waals surface area contributed by atoms with Gasteiger partial charge in [0.15, 0.2) is 0 Å². The molecule has 2 rings (SSSR count). The first kappa shape index (κ1) is 15.1. The van der Waals surface area contributed by atoms with Crippen LogP contribution in [-0.4, -0.2) is 10.2 Å². The van der Waals surface area contributed by atoms with Gasteiger partial charge in [-0.05, 0) is 36.1 Å². The van der Waals surface area contributed by atoms with Crippen LogP contribution in [0.15, 0.2) is 29.1 Å². The monoisotopic (exact) mass is 310 g/mol. The molecule has 0 fully saturated rings. The van der Waals surface area contributed by atoms with Gasteiger partial charge < -0.3 is 0 Å². The fourth-order valence-electron chi connectivity index (χ4n) is 2.29. The highest BCUT2D eigenvalue weighted by atomic mass is 35.5. The van der Waals surface area contributed by atoms with Crippen molar-refractivity contribution in [3.63, 3.8) is 0 Å². The van der Waals surface area contributed by atoms with E-state index in [-0.39, 0.29) is 5.56 Å². The molecule has 1 N–H and O–H groups in total.